The summed E-state index contributed by atoms with van der Waals surface area (Å²) >= 11 is 0. The van der Waals surface area contributed by atoms with Crippen LogP contribution in [0.15, 0.2) is 48.8 Å². The number of rotatable bonds is 4. The second kappa shape index (κ2) is 8.82. The van der Waals surface area contributed by atoms with Crippen LogP contribution < -0.4 is 10.9 Å². The Hall–Kier alpha value is -2.86. The first-order valence-corrected chi connectivity index (χ1v) is 12.0. The SMILES string of the molecule is CC(C)C1CC2(CCC(Cc3ncc(-c4ccc5cccnc5c4)cc3F)CC2)NNC1=O. The largest absolute Gasteiger partial charge is 0.291 e. The Kier molecular flexibility index (Phi) is 5.87. The quantitative estimate of drug-likeness (QED) is 0.578. The number of aromatic nitrogens is 2. The van der Waals surface area contributed by atoms with Crippen molar-refractivity contribution in [2.75, 3.05) is 0 Å². The maximum absolute atomic E-state index is 15.0. The van der Waals surface area contributed by atoms with E-state index >= 15 is 0 Å². The van der Waals surface area contributed by atoms with Crippen LogP contribution in [0.4, 0.5) is 4.39 Å². The molecular formula is C27H31FN4O. The highest BCUT2D eigenvalue weighted by Gasteiger charge is 2.43. The van der Waals surface area contributed by atoms with E-state index in [4.69, 9.17) is 0 Å². The summed E-state index contributed by atoms with van der Waals surface area (Å²) in [6, 6.07) is 11.5. The minimum Gasteiger partial charge on any atom is -0.291 e. The first-order valence-electron chi connectivity index (χ1n) is 12.0. The normalized spacial score (nSPS) is 25.5. The van der Waals surface area contributed by atoms with E-state index < -0.39 is 0 Å². The smallest absolute Gasteiger partial charge is 0.237 e. The van der Waals surface area contributed by atoms with Crippen molar-refractivity contribution in [3.8, 4) is 11.1 Å². The molecule has 5 nitrogen and oxygen atoms in total. The number of nitrogens with one attached hydrogen (secondary N) is 2. The molecule has 172 valence electrons. The van der Waals surface area contributed by atoms with Crippen molar-refractivity contribution in [3.63, 3.8) is 0 Å². The van der Waals surface area contributed by atoms with Crippen LogP contribution in [-0.4, -0.2) is 21.4 Å². The molecule has 1 aliphatic heterocycles. The molecule has 1 atom stereocenters. The highest BCUT2D eigenvalue weighted by atomic mass is 19.1. The molecule has 1 amide bonds. The van der Waals surface area contributed by atoms with Gasteiger partial charge in [0.1, 0.15) is 5.82 Å². The molecule has 5 rings (SSSR count). The molecule has 2 aliphatic rings. The van der Waals surface area contributed by atoms with Crippen molar-refractivity contribution in [2.45, 2.75) is 57.9 Å². The number of hydrogen-bond acceptors (Lipinski definition) is 4. The van der Waals surface area contributed by atoms with Gasteiger partial charge in [-0.15, -0.1) is 0 Å². The lowest BCUT2D eigenvalue weighted by atomic mass is 9.69. The summed E-state index contributed by atoms with van der Waals surface area (Å²) in [5.74, 6) is 0.657. The molecule has 1 saturated heterocycles. The van der Waals surface area contributed by atoms with Crippen LogP contribution in [0.2, 0.25) is 0 Å². The standard InChI is InChI=1S/C27H31FN4O/c1-17(2)22-15-27(32-31-26(22)33)9-7-18(8-10-27)12-25-23(28)13-21(16-30-25)20-6-5-19-4-3-11-29-24(19)14-20/h3-6,11,13-14,16-18,22,32H,7-10,12,15H2,1-2H3,(H,31,33). The van der Waals surface area contributed by atoms with Crippen molar-refractivity contribution in [3.05, 3.63) is 60.3 Å². The minimum absolute atomic E-state index is 0.0285. The first kappa shape index (κ1) is 22.0. The van der Waals surface area contributed by atoms with Gasteiger partial charge in [0.25, 0.3) is 0 Å². The molecule has 1 spiro atoms. The average Bonchev–Trinajstić information content (AvgIpc) is 2.83. The predicted molar refractivity (Wildman–Crippen MR) is 128 cm³/mol. The van der Waals surface area contributed by atoms with Crippen LogP contribution in [0.5, 0.6) is 0 Å². The monoisotopic (exact) mass is 446 g/mol. The number of benzene rings is 1. The minimum atomic E-state index is -0.239. The van der Waals surface area contributed by atoms with Gasteiger partial charge in [0.05, 0.1) is 11.2 Å². The third kappa shape index (κ3) is 4.49. The van der Waals surface area contributed by atoms with Gasteiger partial charge in [-0.25, -0.2) is 9.82 Å². The van der Waals surface area contributed by atoms with Gasteiger partial charge in [-0.3, -0.25) is 20.2 Å². The number of hydrogen-bond donors (Lipinski definition) is 2. The molecule has 3 heterocycles. The Morgan fingerprint density at radius 1 is 1.12 bits per heavy atom. The van der Waals surface area contributed by atoms with Crippen LogP contribution in [0.1, 0.15) is 51.6 Å². The maximum Gasteiger partial charge on any atom is 0.237 e. The fraction of sp³-hybridized carbons (Fsp3) is 0.444. The van der Waals surface area contributed by atoms with E-state index in [1.807, 2.05) is 30.3 Å². The average molecular weight is 447 g/mol. The van der Waals surface area contributed by atoms with Crippen molar-refractivity contribution in [1.82, 2.24) is 20.8 Å². The first-order chi connectivity index (χ1) is 15.9. The van der Waals surface area contributed by atoms with E-state index in [-0.39, 0.29) is 23.2 Å². The zero-order valence-electron chi connectivity index (χ0n) is 19.3. The predicted octanol–water partition coefficient (Wildman–Crippen LogP) is 5.20. The van der Waals surface area contributed by atoms with Gasteiger partial charge in [-0.2, -0.15) is 0 Å². The molecule has 2 fully saturated rings. The number of hydrazine groups is 1. The van der Waals surface area contributed by atoms with Crippen LogP contribution in [0, 0.1) is 23.6 Å². The molecule has 3 aromatic rings. The van der Waals surface area contributed by atoms with Gasteiger partial charge in [0.2, 0.25) is 5.91 Å². The summed E-state index contributed by atoms with van der Waals surface area (Å²) in [5.41, 5.74) is 9.32. The third-order valence-electron chi connectivity index (χ3n) is 7.60. The molecule has 1 saturated carbocycles. The van der Waals surface area contributed by atoms with Gasteiger partial charge < -0.3 is 0 Å². The van der Waals surface area contributed by atoms with Crippen LogP contribution in [-0.2, 0) is 11.2 Å². The molecule has 1 aliphatic carbocycles. The van der Waals surface area contributed by atoms with E-state index in [1.165, 1.54) is 0 Å². The lowest BCUT2D eigenvalue weighted by Gasteiger charge is -2.46. The lowest BCUT2D eigenvalue weighted by Crippen LogP contribution is -2.63. The molecule has 2 N–H and O–H groups in total. The van der Waals surface area contributed by atoms with E-state index in [2.05, 4.69) is 34.7 Å². The molecule has 6 heteroatoms. The number of fused-ring (bicyclic) bond motifs is 1. The molecule has 33 heavy (non-hydrogen) atoms. The summed E-state index contributed by atoms with van der Waals surface area (Å²) in [7, 11) is 0. The Morgan fingerprint density at radius 2 is 1.94 bits per heavy atom. The zero-order valence-corrected chi connectivity index (χ0v) is 19.3. The third-order valence-corrected chi connectivity index (χ3v) is 7.60. The number of nitrogens with zero attached hydrogens (tertiary/aromatic N) is 2. The van der Waals surface area contributed by atoms with Crippen LogP contribution >= 0.6 is 0 Å². The van der Waals surface area contributed by atoms with Gasteiger partial charge in [0, 0.05) is 34.8 Å². The summed E-state index contributed by atoms with van der Waals surface area (Å²) < 4.78 is 15.0. The van der Waals surface area contributed by atoms with Crippen molar-refractivity contribution in [1.29, 1.82) is 0 Å². The lowest BCUT2D eigenvalue weighted by molar-refractivity contribution is -0.133. The fourth-order valence-electron chi connectivity index (χ4n) is 5.45. The molecule has 0 radical (unpaired) electrons. The van der Waals surface area contributed by atoms with Crippen molar-refractivity contribution in [2.24, 2.45) is 17.8 Å². The van der Waals surface area contributed by atoms with E-state index in [9.17, 15) is 9.18 Å². The maximum atomic E-state index is 15.0. The Morgan fingerprint density at radius 3 is 2.70 bits per heavy atom. The number of amides is 1. The van der Waals surface area contributed by atoms with Gasteiger partial charge in [-0.05, 0) is 74.1 Å². The van der Waals surface area contributed by atoms with Crippen molar-refractivity contribution < 1.29 is 9.18 Å². The second-order valence-electron chi connectivity index (χ2n) is 10.2. The second-order valence-corrected chi connectivity index (χ2v) is 10.2. The van der Waals surface area contributed by atoms with Crippen LogP contribution in [0.3, 0.4) is 0 Å². The van der Waals surface area contributed by atoms with E-state index in [0.717, 1.165) is 54.1 Å². The van der Waals surface area contributed by atoms with E-state index in [1.54, 1.807) is 18.5 Å². The molecule has 0 bridgehead atoms. The summed E-state index contributed by atoms with van der Waals surface area (Å²) in [4.78, 5) is 21.1. The molecule has 1 aromatic carbocycles. The van der Waals surface area contributed by atoms with Gasteiger partial charge in [-0.1, -0.05) is 32.0 Å². The van der Waals surface area contributed by atoms with Gasteiger partial charge >= 0.3 is 0 Å². The number of carbonyl (C=O) groups is 1. The molecule has 1 unspecified atom stereocenters. The highest BCUT2D eigenvalue weighted by Crippen LogP contribution is 2.40. The van der Waals surface area contributed by atoms with Crippen molar-refractivity contribution >= 4 is 16.8 Å². The van der Waals surface area contributed by atoms with E-state index in [0.29, 0.717) is 24.0 Å². The summed E-state index contributed by atoms with van der Waals surface area (Å²) in [5, 5.41) is 1.06. The number of halogens is 1. The summed E-state index contributed by atoms with van der Waals surface area (Å²) in [6.45, 7) is 4.23. The molecule has 2 aromatic heterocycles. The summed E-state index contributed by atoms with van der Waals surface area (Å²) in [6.07, 6.45) is 9.07. The number of carbonyl (C=O) groups excluding carboxylic acids is 1. The number of pyridine rings is 2. The Labute approximate surface area is 194 Å². The Balaban J connectivity index is 1.25. The van der Waals surface area contributed by atoms with Gasteiger partial charge in [0.15, 0.2) is 0 Å². The molecular weight excluding hydrogens is 415 g/mol. The van der Waals surface area contributed by atoms with Crippen LogP contribution in [0.25, 0.3) is 22.0 Å². The topological polar surface area (TPSA) is 66.9 Å². The zero-order chi connectivity index (χ0) is 23.0. The fourth-order valence-corrected chi connectivity index (χ4v) is 5.45. The highest BCUT2D eigenvalue weighted by molar-refractivity contribution is 5.84. The Bertz CT molecular complexity index is 1170.